The minimum absolute atomic E-state index is 0.791. The average Bonchev–Trinajstić information content (AvgIpc) is 2.74. The van der Waals surface area contributed by atoms with E-state index in [1.54, 1.807) is 12.2 Å². The molecule has 0 radical (unpaired) electrons. The highest BCUT2D eigenvalue weighted by Gasteiger charge is 2.12. The lowest BCUT2D eigenvalue weighted by atomic mass is 10.1. The lowest BCUT2D eigenvalue weighted by molar-refractivity contribution is -0.132. The minimum atomic E-state index is -0.989. The standard InChI is InChI=1S/C25H21NO4/c1-18-2-10-21(11-3-18)26(22-12-4-19(5-13-22)8-16-24(27)28)23-14-6-20(7-15-23)9-17-25(29)30/h2-17H,1H3,(H,27,28)(H,29,30)/b16-8+,17-9+. The third-order valence-corrected chi connectivity index (χ3v) is 4.43. The van der Waals surface area contributed by atoms with Crippen molar-refractivity contribution >= 4 is 41.2 Å². The Morgan fingerprint density at radius 2 is 0.967 bits per heavy atom. The molecule has 0 aliphatic rings. The molecule has 0 amide bonds. The van der Waals surface area contributed by atoms with Crippen molar-refractivity contribution < 1.29 is 19.8 Å². The van der Waals surface area contributed by atoms with E-state index in [1.165, 1.54) is 0 Å². The number of carboxylic acids is 2. The van der Waals surface area contributed by atoms with Crippen LogP contribution in [0.15, 0.2) is 84.9 Å². The van der Waals surface area contributed by atoms with Crippen LogP contribution in [-0.4, -0.2) is 22.2 Å². The summed E-state index contributed by atoms with van der Waals surface area (Å²) in [5.41, 5.74) is 5.55. The number of aliphatic carboxylic acids is 2. The number of carbonyl (C=O) groups is 2. The largest absolute Gasteiger partial charge is 0.478 e. The molecule has 0 unspecified atom stereocenters. The van der Waals surface area contributed by atoms with Gasteiger partial charge in [0, 0.05) is 29.2 Å². The molecule has 5 heteroatoms. The third-order valence-electron chi connectivity index (χ3n) is 4.43. The van der Waals surface area contributed by atoms with Gasteiger partial charge >= 0.3 is 11.9 Å². The van der Waals surface area contributed by atoms with Crippen molar-refractivity contribution in [3.8, 4) is 0 Å². The molecule has 2 N–H and O–H groups in total. The molecule has 0 atom stereocenters. The Bertz CT molecular complexity index is 1010. The Balaban J connectivity index is 1.98. The average molecular weight is 399 g/mol. The molecule has 3 aromatic carbocycles. The van der Waals surface area contributed by atoms with Crippen LogP contribution in [0.4, 0.5) is 17.1 Å². The Hall–Kier alpha value is -4.12. The van der Waals surface area contributed by atoms with Gasteiger partial charge in [0.15, 0.2) is 0 Å². The first-order valence-corrected chi connectivity index (χ1v) is 9.31. The van der Waals surface area contributed by atoms with Crippen LogP contribution in [0.2, 0.25) is 0 Å². The second-order valence-corrected chi connectivity index (χ2v) is 6.70. The van der Waals surface area contributed by atoms with Crippen molar-refractivity contribution in [3.63, 3.8) is 0 Å². The molecule has 3 aromatic rings. The smallest absolute Gasteiger partial charge is 0.328 e. The molecule has 0 aromatic heterocycles. The van der Waals surface area contributed by atoms with E-state index in [2.05, 4.69) is 4.90 Å². The van der Waals surface area contributed by atoms with Gasteiger partial charge < -0.3 is 15.1 Å². The van der Waals surface area contributed by atoms with Gasteiger partial charge in [-0.2, -0.15) is 0 Å². The molecule has 0 saturated heterocycles. The zero-order chi connectivity index (χ0) is 21.5. The van der Waals surface area contributed by atoms with Crippen molar-refractivity contribution in [2.75, 3.05) is 4.90 Å². The van der Waals surface area contributed by atoms with E-state index < -0.39 is 11.9 Å². The van der Waals surface area contributed by atoms with Crippen molar-refractivity contribution in [2.24, 2.45) is 0 Å². The molecule has 5 nitrogen and oxygen atoms in total. The van der Waals surface area contributed by atoms with E-state index in [-0.39, 0.29) is 0 Å². The second kappa shape index (κ2) is 9.39. The Labute approximate surface area is 174 Å². The molecule has 150 valence electrons. The second-order valence-electron chi connectivity index (χ2n) is 6.70. The maximum Gasteiger partial charge on any atom is 0.328 e. The third kappa shape index (κ3) is 5.45. The van der Waals surface area contributed by atoms with E-state index in [0.29, 0.717) is 0 Å². The van der Waals surface area contributed by atoms with Gasteiger partial charge in [0.1, 0.15) is 0 Å². The first-order valence-electron chi connectivity index (χ1n) is 9.31. The lowest BCUT2D eigenvalue weighted by Crippen LogP contribution is -2.09. The zero-order valence-electron chi connectivity index (χ0n) is 16.4. The quantitative estimate of drug-likeness (QED) is 0.501. The number of anilines is 3. The van der Waals surface area contributed by atoms with E-state index in [1.807, 2.05) is 79.7 Å². The molecule has 0 bridgehead atoms. The van der Waals surface area contributed by atoms with Crippen molar-refractivity contribution in [1.29, 1.82) is 0 Å². The highest BCUT2D eigenvalue weighted by atomic mass is 16.4. The summed E-state index contributed by atoms with van der Waals surface area (Å²) in [6, 6.07) is 23.3. The van der Waals surface area contributed by atoms with E-state index >= 15 is 0 Å². The fourth-order valence-corrected chi connectivity index (χ4v) is 2.95. The molecule has 0 spiro atoms. The summed E-state index contributed by atoms with van der Waals surface area (Å²) in [4.78, 5) is 23.5. The summed E-state index contributed by atoms with van der Waals surface area (Å²) in [5, 5.41) is 17.6. The van der Waals surface area contributed by atoms with Crippen LogP contribution < -0.4 is 4.90 Å². The van der Waals surface area contributed by atoms with Crippen molar-refractivity contribution in [1.82, 2.24) is 0 Å². The maximum atomic E-state index is 10.7. The summed E-state index contributed by atoms with van der Waals surface area (Å²) >= 11 is 0. The predicted molar refractivity (Wildman–Crippen MR) is 119 cm³/mol. The summed E-state index contributed by atoms with van der Waals surface area (Å²) in [5.74, 6) is -1.98. The van der Waals surface area contributed by atoms with Gasteiger partial charge in [0.25, 0.3) is 0 Å². The van der Waals surface area contributed by atoms with Gasteiger partial charge in [-0.25, -0.2) is 9.59 Å². The van der Waals surface area contributed by atoms with Gasteiger partial charge in [-0.15, -0.1) is 0 Å². The number of hydrogen-bond donors (Lipinski definition) is 2. The van der Waals surface area contributed by atoms with Crippen LogP contribution in [0.5, 0.6) is 0 Å². The molecule has 0 saturated carbocycles. The molecule has 0 aliphatic carbocycles. The number of aryl methyl sites for hydroxylation is 1. The fourth-order valence-electron chi connectivity index (χ4n) is 2.95. The van der Waals surface area contributed by atoms with Gasteiger partial charge in [0.2, 0.25) is 0 Å². The summed E-state index contributed by atoms with van der Waals surface area (Å²) in [6.45, 7) is 2.03. The zero-order valence-corrected chi connectivity index (χ0v) is 16.4. The van der Waals surface area contributed by atoms with E-state index in [4.69, 9.17) is 10.2 Å². The summed E-state index contributed by atoms with van der Waals surface area (Å²) < 4.78 is 0. The molecule has 30 heavy (non-hydrogen) atoms. The highest BCUT2D eigenvalue weighted by Crippen LogP contribution is 2.35. The number of rotatable bonds is 7. The maximum absolute atomic E-state index is 10.7. The normalized spacial score (nSPS) is 11.1. The van der Waals surface area contributed by atoms with Crippen LogP contribution in [0.25, 0.3) is 12.2 Å². The number of carboxylic acid groups (broad SMARTS) is 2. The summed E-state index contributed by atoms with van der Waals surface area (Å²) in [6.07, 6.45) is 5.31. The van der Waals surface area contributed by atoms with Crippen LogP contribution in [0.3, 0.4) is 0 Å². The van der Waals surface area contributed by atoms with Gasteiger partial charge in [-0.05, 0) is 66.6 Å². The Kier molecular flexibility index (Phi) is 6.45. The van der Waals surface area contributed by atoms with Crippen LogP contribution in [0, 0.1) is 6.92 Å². The Morgan fingerprint density at radius 1 is 0.633 bits per heavy atom. The summed E-state index contributed by atoms with van der Waals surface area (Å²) in [7, 11) is 0. The predicted octanol–water partition coefficient (Wildman–Crippen LogP) is 5.66. The van der Waals surface area contributed by atoms with Crippen LogP contribution in [-0.2, 0) is 9.59 Å². The number of benzene rings is 3. The molecular formula is C25H21NO4. The molecule has 3 rings (SSSR count). The van der Waals surface area contributed by atoms with E-state index in [0.717, 1.165) is 45.9 Å². The number of nitrogens with zero attached hydrogens (tertiary/aromatic N) is 1. The van der Waals surface area contributed by atoms with Gasteiger partial charge in [-0.3, -0.25) is 0 Å². The minimum Gasteiger partial charge on any atom is -0.478 e. The fraction of sp³-hybridized carbons (Fsp3) is 0.0400. The lowest BCUT2D eigenvalue weighted by Gasteiger charge is -2.26. The molecule has 0 aliphatic heterocycles. The monoisotopic (exact) mass is 399 g/mol. The van der Waals surface area contributed by atoms with Crippen molar-refractivity contribution in [3.05, 3.63) is 102 Å². The molecule has 0 fully saturated rings. The molecular weight excluding hydrogens is 378 g/mol. The SMILES string of the molecule is Cc1ccc(N(c2ccc(/C=C/C(=O)O)cc2)c2ccc(/C=C/C(=O)O)cc2)cc1. The molecule has 0 heterocycles. The van der Waals surface area contributed by atoms with Gasteiger partial charge in [0.05, 0.1) is 0 Å². The highest BCUT2D eigenvalue weighted by molar-refractivity contribution is 5.86. The first-order chi connectivity index (χ1) is 14.4. The number of hydrogen-bond acceptors (Lipinski definition) is 3. The van der Waals surface area contributed by atoms with Crippen LogP contribution in [0.1, 0.15) is 16.7 Å². The Morgan fingerprint density at radius 3 is 1.30 bits per heavy atom. The van der Waals surface area contributed by atoms with Crippen LogP contribution >= 0.6 is 0 Å². The first kappa shape index (κ1) is 20.6. The van der Waals surface area contributed by atoms with E-state index in [9.17, 15) is 9.59 Å². The van der Waals surface area contributed by atoms with Gasteiger partial charge in [-0.1, -0.05) is 42.0 Å². The topological polar surface area (TPSA) is 77.8 Å². The van der Waals surface area contributed by atoms with Crippen molar-refractivity contribution in [2.45, 2.75) is 6.92 Å².